The molecule has 1 nitrogen and oxygen atoms in total. The lowest BCUT2D eigenvalue weighted by atomic mass is 9.84. The van der Waals surface area contributed by atoms with E-state index >= 15 is 0 Å². The number of carbonyl (C=O) groups excluding carboxylic acids is 1. The normalized spacial score (nSPS) is 16.1. The minimum atomic E-state index is -0.382. The Morgan fingerprint density at radius 3 is 1.66 bits per heavy atom. The standard InChI is InChI=1S/C26H28Cl2O/c1-3-5-7-19(8-6-4-2)25-24(17-18-29)26(25,20-9-13-22(27)14-10-20)21-11-15-23(28)16-12-21/h9-18H,3-8H2,1-2H3/b24-17+. The second-order valence-electron chi connectivity index (χ2n) is 7.67. The maximum absolute atomic E-state index is 11.6. The van der Waals surface area contributed by atoms with Crippen LogP contribution in [-0.2, 0) is 10.2 Å². The van der Waals surface area contributed by atoms with Gasteiger partial charge in [0.1, 0.15) is 6.29 Å². The third-order valence-corrected chi connectivity index (χ3v) is 6.30. The topological polar surface area (TPSA) is 17.1 Å². The van der Waals surface area contributed by atoms with Crippen molar-refractivity contribution in [1.82, 2.24) is 0 Å². The summed E-state index contributed by atoms with van der Waals surface area (Å²) in [5.74, 6) is 0. The van der Waals surface area contributed by atoms with Gasteiger partial charge in [-0.2, -0.15) is 0 Å². The van der Waals surface area contributed by atoms with Gasteiger partial charge in [0.25, 0.3) is 0 Å². The van der Waals surface area contributed by atoms with Crippen molar-refractivity contribution < 1.29 is 4.79 Å². The van der Waals surface area contributed by atoms with Crippen molar-refractivity contribution in [1.29, 1.82) is 0 Å². The maximum atomic E-state index is 11.6. The first kappa shape index (κ1) is 21.9. The van der Waals surface area contributed by atoms with Crippen LogP contribution in [0.5, 0.6) is 0 Å². The van der Waals surface area contributed by atoms with Crippen LogP contribution < -0.4 is 0 Å². The highest BCUT2D eigenvalue weighted by Crippen LogP contribution is 2.65. The highest BCUT2D eigenvalue weighted by Gasteiger charge is 2.58. The molecule has 0 N–H and O–H groups in total. The van der Waals surface area contributed by atoms with E-state index in [9.17, 15) is 4.79 Å². The zero-order valence-corrected chi connectivity index (χ0v) is 18.7. The molecule has 0 heterocycles. The molecular weight excluding hydrogens is 399 g/mol. The molecule has 1 fully saturated rings. The number of rotatable bonds is 9. The Labute approximate surface area is 184 Å². The average molecular weight is 427 g/mol. The Bertz CT molecular complexity index is 849. The molecule has 29 heavy (non-hydrogen) atoms. The Hall–Kier alpha value is -1.83. The second kappa shape index (κ2) is 9.78. The fourth-order valence-corrected chi connectivity index (χ4v) is 4.61. The van der Waals surface area contributed by atoms with Gasteiger partial charge in [0.2, 0.25) is 0 Å². The molecule has 2 aromatic carbocycles. The van der Waals surface area contributed by atoms with Gasteiger partial charge in [-0.15, -0.1) is 0 Å². The van der Waals surface area contributed by atoms with Crippen molar-refractivity contribution >= 4 is 29.5 Å². The number of hydrogen-bond acceptors (Lipinski definition) is 1. The number of aldehydes is 1. The van der Waals surface area contributed by atoms with Gasteiger partial charge in [-0.3, -0.25) is 4.79 Å². The van der Waals surface area contributed by atoms with Crippen molar-refractivity contribution in [2.75, 3.05) is 0 Å². The van der Waals surface area contributed by atoms with E-state index in [1.54, 1.807) is 6.08 Å². The van der Waals surface area contributed by atoms with Crippen molar-refractivity contribution in [2.45, 2.75) is 57.8 Å². The van der Waals surface area contributed by atoms with E-state index in [1.807, 2.05) is 24.3 Å². The summed E-state index contributed by atoms with van der Waals surface area (Å²) in [6.45, 7) is 4.45. The Balaban J connectivity index is 2.25. The summed E-state index contributed by atoms with van der Waals surface area (Å²) in [6.07, 6.45) is 9.45. The fraction of sp³-hybridized carbons (Fsp3) is 0.346. The predicted molar refractivity (Wildman–Crippen MR) is 124 cm³/mol. The molecule has 0 aliphatic heterocycles. The molecule has 0 atom stereocenters. The van der Waals surface area contributed by atoms with E-state index in [1.165, 1.54) is 11.1 Å². The predicted octanol–water partition coefficient (Wildman–Crippen LogP) is 8.10. The Morgan fingerprint density at radius 1 is 0.828 bits per heavy atom. The van der Waals surface area contributed by atoms with Crippen LogP contribution in [0.25, 0.3) is 0 Å². The number of benzene rings is 2. The van der Waals surface area contributed by atoms with Crippen LogP contribution in [0.15, 0.2) is 71.3 Å². The van der Waals surface area contributed by atoms with Crippen LogP contribution in [0, 0.1) is 0 Å². The molecule has 0 aromatic heterocycles. The van der Waals surface area contributed by atoms with Gasteiger partial charge in [0.15, 0.2) is 0 Å². The van der Waals surface area contributed by atoms with Crippen LogP contribution in [0.1, 0.15) is 63.5 Å². The van der Waals surface area contributed by atoms with Gasteiger partial charge < -0.3 is 0 Å². The summed E-state index contributed by atoms with van der Waals surface area (Å²) in [6, 6.07) is 16.1. The monoisotopic (exact) mass is 426 g/mol. The molecule has 1 saturated carbocycles. The average Bonchev–Trinajstić information content (AvgIpc) is 3.38. The van der Waals surface area contributed by atoms with Crippen LogP contribution in [0.4, 0.5) is 0 Å². The number of unbranched alkanes of at least 4 members (excludes halogenated alkanes) is 2. The molecule has 0 amide bonds. The lowest BCUT2D eigenvalue weighted by Gasteiger charge is -2.18. The van der Waals surface area contributed by atoms with Gasteiger partial charge in [-0.1, -0.05) is 79.7 Å². The van der Waals surface area contributed by atoms with Crippen LogP contribution in [-0.4, -0.2) is 6.29 Å². The molecule has 3 heteroatoms. The summed E-state index contributed by atoms with van der Waals surface area (Å²) >= 11 is 12.4. The first-order chi connectivity index (χ1) is 14.1. The minimum Gasteiger partial charge on any atom is -0.299 e. The van der Waals surface area contributed by atoms with Crippen molar-refractivity contribution in [2.24, 2.45) is 0 Å². The van der Waals surface area contributed by atoms with Crippen molar-refractivity contribution in [3.63, 3.8) is 0 Å². The van der Waals surface area contributed by atoms with E-state index in [-0.39, 0.29) is 5.41 Å². The third kappa shape index (κ3) is 4.37. The molecule has 3 rings (SSSR count). The Morgan fingerprint density at radius 2 is 1.28 bits per heavy atom. The number of halogens is 2. The lowest BCUT2D eigenvalue weighted by Crippen LogP contribution is -2.11. The number of allylic oxidation sites excluding steroid dienone is 4. The second-order valence-corrected chi connectivity index (χ2v) is 8.54. The molecule has 0 unspecified atom stereocenters. The van der Waals surface area contributed by atoms with Gasteiger partial charge in [-0.25, -0.2) is 0 Å². The Kier molecular flexibility index (Phi) is 7.38. The summed E-state index contributed by atoms with van der Waals surface area (Å²) in [5, 5.41) is 1.42. The highest BCUT2D eigenvalue weighted by molar-refractivity contribution is 6.30. The third-order valence-electron chi connectivity index (χ3n) is 5.79. The smallest absolute Gasteiger partial charge is 0.143 e. The molecule has 1 aliphatic carbocycles. The zero-order valence-electron chi connectivity index (χ0n) is 17.2. The molecule has 152 valence electrons. The molecule has 0 spiro atoms. The van der Waals surface area contributed by atoms with Crippen LogP contribution in [0.3, 0.4) is 0 Å². The first-order valence-electron chi connectivity index (χ1n) is 10.5. The first-order valence-corrected chi connectivity index (χ1v) is 11.3. The summed E-state index contributed by atoms with van der Waals surface area (Å²) in [4.78, 5) is 11.6. The molecule has 1 aliphatic rings. The molecule has 0 saturated heterocycles. The van der Waals surface area contributed by atoms with E-state index in [0.29, 0.717) is 10.0 Å². The molecular formula is C26H28Cl2O. The minimum absolute atomic E-state index is 0.382. The fourth-order valence-electron chi connectivity index (χ4n) is 4.35. The van der Waals surface area contributed by atoms with E-state index in [0.717, 1.165) is 61.5 Å². The van der Waals surface area contributed by atoms with Gasteiger partial charge >= 0.3 is 0 Å². The van der Waals surface area contributed by atoms with Crippen LogP contribution in [0.2, 0.25) is 10.0 Å². The van der Waals surface area contributed by atoms with Crippen LogP contribution >= 0.6 is 23.2 Å². The summed E-state index contributed by atoms with van der Waals surface area (Å²) in [7, 11) is 0. The SMILES string of the molecule is CCCCC(CCCC)=C1/C(=C\C=O)C1(c1ccc(Cl)cc1)c1ccc(Cl)cc1. The molecule has 0 radical (unpaired) electrons. The molecule has 2 aromatic rings. The number of hydrogen-bond donors (Lipinski definition) is 0. The zero-order chi connectivity index (χ0) is 20.9. The van der Waals surface area contributed by atoms with E-state index < -0.39 is 0 Å². The van der Waals surface area contributed by atoms with Gasteiger partial charge in [0.05, 0.1) is 5.41 Å². The largest absolute Gasteiger partial charge is 0.299 e. The quantitative estimate of drug-likeness (QED) is 0.292. The highest BCUT2D eigenvalue weighted by atomic mass is 35.5. The summed E-state index contributed by atoms with van der Waals surface area (Å²) in [5.41, 5.74) is 5.82. The van der Waals surface area contributed by atoms with Gasteiger partial charge in [-0.05, 0) is 78.3 Å². The summed E-state index contributed by atoms with van der Waals surface area (Å²) < 4.78 is 0. The van der Waals surface area contributed by atoms with E-state index in [2.05, 4.69) is 38.1 Å². The van der Waals surface area contributed by atoms with Crippen molar-refractivity contribution in [3.05, 3.63) is 92.5 Å². The lowest BCUT2D eigenvalue weighted by molar-refractivity contribution is -0.104. The van der Waals surface area contributed by atoms with Gasteiger partial charge in [0, 0.05) is 10.0 Å². The number of carbonyl (C=O) groups is 1. The van der Waals surface area contributed by atoms with Crippen molar-refractivity contribution in [3.8, 4) is 0 Å². The van der Waals surface area contributed by atoms with E-state index in [4.69, 9.17) is 23.2 Å². The maximum Gasteiger partial charge on any atom is 0.143 e. The molecule has 0 bridgehead atoms.